The first-order valence-electron chi connectivity index (χ1n) is 6.13. The molecule has 8 heteroatoms. The van der Waals surface area contributed by atoms with Crippen molar-refractivity contribution in [2.24, 2.45) is 0 Å². The minimum absolute atomic E-state index is 0.00792. The molecule has 1 aromatic carbocycles. The Labute approximate surface area is 126 Å². The monoisotopic (exact) mass is 328 g/mol. The van der Waals surface area contributed by atoms with Crippen LogP contribution in [0.5, 0.6) is 5.75 Å². The van der Waals surface area contributed by atoms with Gasteiger partial charge in [-0.05, 0) is 32.4 Å². The van der Waals surface area contributed by atoms with Gasteiger partial charge >= 0.3 is 4.87 Å². The summed E-state index contributed by atoms with van der Waals surface area (Å²) in [6.45, 7) is 5.21. The number of ether oxygens (including phenoxy) is 1. The Morgan fingerprint density at radius 1 is 1.24 bits per heavy atom. The average Bonchev–Trinajstić information content (AvgIpc) is 2.73. The van der Waals surface area contributed by atoms with Crippen molar-refractivity contribution in [1.29, 1.82) is 0 Å². The van der Waals surface area contributed by atoms with Crippen molar-refractivity contribution in [3.8, 4) is 5.75 Å². The molecule has 0 saturated carbocycles. The number of sulfonamides is 1. The lowest BCUT2D eigenvalue weighted by molar-refractivity contribution is 0.409. The molecule has 0 amide bonds. The highest BCUT2D eigenvalue weighted by Gasteiger charge is 2.22. The van der Waals surface area contributed by atoms with Gasteiger partial charge in [0, 0.05) is 11.3 Å². The number of hydrogen-bond donors (Lipinski definition) is 2. The van der Waals surface area contributed by atoms with Gasteiger partial charge in [-0.25, -0.2) is 8.42 Å². The van der Waals surface area contributed by atoms with Crippen molar-refractivity contribution >= 4 is 27.0 Å². The molecular weight excluding hydrogens is 312 g/mol. The van der Waals surface area contributed by atoms with Gasteiger partial charge in [-0.3, -0.25) is 9.52 Å². The zero-order valence-electron chi connectivity index (χ0n) is 12.1. The van der Waals surface area contributed by atoms with E-state index in [0.717, 1.165) is 5.56 Å². The average molecular weight is 328 g/mol. The number of nitrogens with one attached hydrogen (secondary N) is 2. The first-order chi connectivity index (χ1) is 9.76. The molecule has 0 saturated heterocycles. The Hall–Kier alpha value is -1.80. The van der Waals surface area contributed by atoms with Crippen LogP contribution < -0.4 is 14.3 Å². The predicted octanol–water partition coefficient (Wildman–Crippen LogP) is 2.17. The van der Waals surface area contributed by atoms with E-state index in [9.17, 15) is 13.2 Å². The van der Waals surface area contributed by atoms with E-state index in [1.54, 1.807) is 26.0 Å². The molecule has 0 radical (unpaired) electrons. The van der Waals surface area contributed by atoms with Crippen LogP contribution in [0.4, 0.5) is 5.69 Å². The Balaban J connectivity index is 2.47. The standard InChI is InChI=1S/C13H16N2O4S2/c1-7-5-6-10(8(2)11(7)19-4)15-21(17,18)12-9(3)14-13(16)20-12/h5-6,15H,1-4H3,(H,14,16). The first-order valence-corrected chi connectivity index (χ1v) is 8.43. The van der Waals surface area contributed by atoms with E-state index < -0.39 is 14.9 Å². The molecule has 2 rings (SSSR count). The molecule has 0 aliphatic carbocycles. The number of anilines is 1. The second-order valence-corrected chi connectivity index (χ2v) is 7.48. The number of H-pyrrole nitrogens is 1. The molecule has 0 aliphatic rings. The number of benzene rings is 1. The molecule has 0 unspecified atom stereocenters. The number of rotatable bonds is 4. The Bertz CT molecular complexity index is 834. The smallest absolute Gasteiger partial charge is 0.306 e. The van der Waals surface area contributed by atoms with Crippen LogP contribution in [-0.4, -0.2) is 20.5 Å². The van der Waals surface area contributed by atoms with Crippen LogP contribution >= 0.6 is 11.3 Å². The van der Waals surface area contributed by atoms with Gasteiger partial charge in [0.15, 0.2) is 4.21 Å². The van der Waals surface area contributed by atoms with E-state index >= 15 is 0 Å². The Morgan fingerprint density at radius 3 is 2.43 bits per heavy atom. The van der Waals surface area contributed by atoms with Gasteiger partial charge in [0.25, 0.3) is 10.0 Å². The van der Waals surface area contributed by atoms with E-state index in [0.29, 0.717) is 34.0 Å². The minimum atomic E-state index is -3.80. The van der Waals surface area contributed by atoms with Crippen LogP contribution in [0, 0.1) is 20.8 Å². The third kappa shape index (κ3) is 2.96. The van der Waals surface area contributed by atoms with Crippen LogP contribution in [0.1, 0.15) is 16.8 Å². The van der Waals surface area contributed by atoms with Crippen molar-refractivity contribution in [1.82, 2.24) is 4.98 Å². The predicted molar refractivity (Wildman–Crippen MR) is 83.0 cm³/mol. The van der Waals surface area contributed by atoms with Crippen LogP contribution in [0.3, 0.4) is 0 Å². The lowest BCUT2D eigenvalue weighted by Gasteiger charge is -2.14. The van der Waals surface area contributed by atoms with Crippen molar-refractivity contribution in [3.05, 3.63) is 38.6 Å². The highest BCUT2D eigenvalue weighted by atomic mass is 32.2. The maximum atomic E-state index is 12.4. The van der Waals surface area contributed by atoms with Crippen molar-refractivity contribution < 1.29 is 13.2 Å². The summed E-state index contributed by atoms with van der Waals surface area (Å²) in [4.78, 5) is 13.3. The summed E-state index contributed by atoms with van der Waals surface area (Å²) in [5, 5.41) is 0. The van der Waals surface area contributed by atoms with Crippen molar-refractivity contribution in [2.45, 2.75) is 25.0 Å². The molecule has 2 N–H and O–H groups in total. The quantitative estimate of drug-likeness (QED) is 0.900. The summed E-state index contributed by atoms with van der Waals surface area (Å²) in [5.41, 5.74) is 2.37. The van der Waals surface area contributed by atoms with Gasteiger partial charge in [-0.2, -0.15) is 0 Å². The highest BCUT2D eigenvalue weighted by Crippen LogP contribution is 2.31. The summed E-state index contributed by atoms with van der Waals surface area (Å²) in [6.07, 6.45) is 0. The Morgan fingerprint density at radius 2 is 1.90 bits per heavy atom. The van der Waals surface area contributed by atoms with Crippen LogP contribution in [0.2, 0.25) is 0 Å². The number of thiazole rings is 1. The maximum Gasteiger partial charge on any atom is 0.306 e. The number of aryl methyl sites for hydroxylation is 2. The van der Waals surface area contributed by atoms with Gasteiger partial charge in [0.1, 0.15) is 5.75 Å². The normalized spacial score (nSPS) is 11.4. The molecule has 6 nitrogen and oxygen atoms in total. The number of aromatic nitrogens is 1. The SMILES string of the molecule is COc1c(C)ccc(NS(=O)(=O)c2sc(=O)[nH]c2C)c1C. The summed E-state index contributed by atoms with van der Waals surface area (Å²) in [6, 6.07) is 3.45. The summed E-state index contributed by atoms with van der Waals surface area (Å²) in [5.74, 6) is 0.633. The molecule has 114 valence electrons. The van der Waals surface area contributed by atoms with Gasteiger partial charge < -0.3 is 9.72 Å². The largest absolute Gasteiger partial charge is 0.496 e. The first kappa shape index (κ1) is 15.6. The minimum Gasteiger partial charge on any atom is -0.496 e. The van der Waals surface area contributed by atoms with Gasteiger partial charge in [0.2, 0.25) is 0 Å². The molecular formula is C13H16N2O4S2. The molecule has 1 aromatic heterocycles. The summed E-state index contributed by atoms with van der Waals surface area (Å²) in [7, 11) is -2.26. The fourth-order valence-corrected chi connectivity index (χ4v) is 4.51. The summed E-state index contributed by atoms with van der Waals surface area (Å²) >= 11 is 0.667. The van der Waals surface area contributed by atoms with E-state index in [2.05, 4.69) is 9.71 Å². The lowest BCUT2D eigenvalue weighted by Crippen LogP contribution is -2.14. The van der Waals surface area contributed by atoms with Crippen molar-refractivity contribution in [2.75, 3.05) is 11.8 Å². The lowest BCUT2D eigenvalue weighted by atomic mass is 10.1. The molecule has 0 spiro atoms. The third-order valence-electron chi connectivity index (χ3n) is 3.08. The fraction of sp³-hybridized carbons (Fsp3) is 0.308. The van der Waals surface area contributed by atoms with Crippen molar-refractivity contribution in [3.63, 3.8) is 0 Å². The van der Waals surface area contributed by atoms with Gasteiger partial charge in [-0.1, -0.05) is 17.4 Å². The number of methoxy groups -OCH3 is 1. The molecule has 21 heavy (non-hydrogen) atoms. The topological polar surface area (TPSA) is 88.3 Å². The van der Waals surface area contributed by atoms with Gasteiger partial charge in [-0.15, -0.1) is 0 Å². The number of hydrogen-bond acceptors (Lipinski definition) is 5. The summed E-state index contributed by atoms with van der Waals surface area (Å²) < 4.78 is 32.5. The third-order valence-corrected chi connectivity index (χ3v) is 6.05. The van der Waals surface area contributed by atoms with Crippen LogP contribution in [0.25, 0.3) is 0 Å². The zero-order valence-corrected chi connectivity index (χ0v) is 13.7. The zero-order chi connectivity index (χ0) is 15.8. The molecule has 2 aromatic rings. The second-order valence-electron chi connectivity index (χ2n) is 4.62. The highest BCUT2D eigenvalue weighted by molar-refractivity contribution is 7.94. The van der Waals surface area contributed by atoms with E-state index in [4.69, 9.17) is 4.74 Å². The Kier molecular flexibility index (Phi) is 4.11. The van der Waals surface area contributed by atoms with E-state index in [1.807, 2.05) is 6.92 Å². The number of aromatic amines is 1. The van der Waals surface area contributed by atoms with E-state index in [-0.39, 0.29) is 4.21 Å². The molecule has 0 bridgehead atoms. The van der Waals surface area contributed by atoms with Crippen LogP contribution in [-0.2, 0) is 10.0 Å². The van der Waals surface area contributed by atoms with Gasteiger partial charge in [0.05, 0.1) is 12.8 Å². The second kappa shape index (κ2) is 5.53. The molecule has 0 aliphatic heterocycles. The molecule has 0 fully saturated rings. The molecule has 0 atom stereocenters. The molecule has 1 heterocycles. The van der Waals surface area contributed by atoms with E-state index in [1.165, 1.54) is 7.11 Å². The van der Waals surface area contributed by atoms with Crippen LogP contribution in [0.15, 0.2) is 21.1 Å². The fourth-order valence-electron chi connectivity index (χ4n) is 2.09. The maximum absolute atomic E-state index is 12.4.